The largest absolute Gasteiger partial charge is 0.363 e. The fraction of sp³-hybridized carbons (Fsp3) is 0.100. The van der Waals surface area contributed by atoms with Crippen molar-refractivity contribution in [2.24, 2.45) is 0 Å². The van der Waals surface area contributed by atoms with Gasteiger partial charge in [0.1, 0.15) is 0 Å². The van der Waals surface area contributed by atoms with E-state index in [0.29, 0.717) is 0 Å². The molecule has 0 radical (unpaired) electrons. The summed E-state index contributed by atoms with van der Waals surface area (Å²) in [6.45, 7) is 1.93. The Hall–Kier alpha value is -2.54. The first-order valence-electron chi connectivity index (χ1n) is 7.39. The van der Waals surface area contributed by atoms with Gasteiger partial charge in [0, 0.05) is 24.3 Å². The van der Waals surface area contributed by atoms with Gasteiger partial charge in [-0.1, -0.05) is 72.8 Å². The zero-order valence-electron chi connectivity index (χ0n) is 11.9. The van der Waals surface area contributed by atoms with Gasteiger partial charge in [0.15, 0.2) is 0 Å². The molecule has 1 heteroatoms. The highest BCUT2D eigenvalue weighted by atomic mass is 15.1. The minimum Gasteiger partial charge on any atom is -0.363 e. The Balaban J connectivity index is 1.78. The Morgan fingerprint density at radius 1 is 0.810 bits per heavy atom. The first-order valence-corrected chi connectivity index (χ1v) is 7.39. The molecule has 0 amide bonds. The monoisotopic (exact) mass is 271 g/mol. The zero-order valence-corrected chi connectivity index (χ0v) is 11.9. The highest BCUT2D eigenvalue weighted by Gasteiger charge is 2.15. The van der Waals surface area contributed by atoms with Crippen molar-refractivity contribution in [3.05, 3.63) is 83.9 Å². The minimum absolute atomic E-state index is 0.955. The third-order valence-corrected chi connectivity index (χ3v) is 4.11. The van der Waals surface area contributed by atoms with Gasteiger partial charge in [0.05, 0.1) is 0 Å². The molecule has 3 aromatic rings. The topological polar surface area (TPSA) is 3.24 Å². The highest BCUT2D eigenvalue weighted by Crippen LogP contribution is 2.33. The maximum atomic E-state index is 2.44. The molecule has 3 aromatic carbocycles. The van der Waals surface area contributed by atoms with Gasteiger partial charge in [-0.15, -0.1) is 0 Å². The SMILES string of the molecule is C1=Cc2c(ccc3ccccc23)N(Cc2ccccc2)C1. The second kappa shape index (κ2) is 5.10. The lowest BCUT2D eigenvalue weighted by Crippen LogP contribution is -2.25. The van der Waals surface area contributed by atoms with E-state index < -0.39 is 0 Å². The summed E-state index contributed by atoms with van der Waals surface area (Å²) >= 11 is 0. The fourth-order valence-corrected chi connectivity index (χ4v) is 3.08. The van der Waals surface area contributed by atoms with Crippen LogP contribution in [0.2, 0.25) is 0 Å². The van der Waals surface area contributed by atoms with Crippen molar-refractivity contribution in [3.63, 3.8) is 0 Å². The van der Waals surface area contributed by atoms with Crippen LogP contribution in [-0.2, 0) is 6.54 Å². The summed E-state index contributed by atoms with van der Waals surface area (Å²) in [6, 6.07) is 23.8. The Labute approximate surface area is 125 Å². The van der Waals surface area contributed by atoms with Crippen molar-refractivity contribution < 1.29 is 0 Å². The molecule has 0 spiro atoms. The molecule has 0 aliphatic carbocycles. The van der Waals surface area contributed by atoms with Crippen LogP contribution in [0, 0.1) is 0 Å². The molecular formula is C20H17N. The Kier molecular flexibility index (Phi) is 2.97. The normalized spacial score (nSPS) is 13.4. The predicted molar refractivity (Wildman–Crippen MR) is 90.5 cm³/mol. The average Bonchev–Trinajstić information content (AvgIpc) is 2.56. The van der Waals surface area contributed by atoms with Gasteiger partial charge < -0.3 is 4.90 Å². The van der Waals surface area contributed by atoms with Gasteiger partial charge in [-0.3, -0.25) is 0 Å². The number of hydrogen-bond donors (Lipinski definition) is 0. The summed E-state index contributed by atoms with van der Waals surface area (Å²) in [5.74, 6) is 0. The van der Waals surface area contributed by atoms with Crippen LogP contribution in [0.25, 0.3) is 16.8 Å². The van der Waals surface area contributed by atoms with Gasteiger partial charge in [0.25, 0.3) is 0 Å². The molecule has 1 heterocycles. The molecule has 0 N–H and O–H groups in total. The van der Waals surface area contributed by atoms with Crippen LogP contribution in [0.3, 0.4) is 0 Å². The van der Waals surface area contributed by atoms with Crippen molar-refractivity contribution in [2.75, 3.05) is 11.4 Å². The molecule has 102 valence electrons. The van der Waals surface area contributed by atoms with Crippen molar-refractivity contribution in [1.82, 2.24) is 0 Å². The van der Waals surface area contributed by atoms with E-state index in [-0.39, 0.29) is 0 Å². The number of fused-ring (bicyclic) bond motifs is 3. The lowest BCUT2D eigenvalue weighted by molar-refractivity contribution is 0.862. The summed E-state index contributed by atoms with van der Waals surface area (Å²) in [5.41, 5.74) is 4.03. The molecule has 0 unspecified atom stereocenters. The van der Waals surface area contributed by atoms with E-state index in [2.05, 4.69) is 83.8 Å². The van der Waals surface area contributed by atoms with Crippen molar-refractivity contribution in [3.8, 4) is 0 Å². The smallest absolute Gasteiger partial charge is 0.0452 e. The number of hydrogen-bond acceptors (Lipinski definition) is 1. The quantitative estimate of drug-likeness (QED) is 0.642. The van der Waals surface area contributed by atoms with Crippen LogP contribution in [-0.4, -0.2) is 6.54 Å². The molecular weight excluding hydrogens is 254 g/mol. The number of nitrogens with zero attached hydrogens (tertiary/aromatic N) is 1. The van der Waals surface area contributed by atoms with E-state index in [1.165, 1.54) is 27.6 Å². The highest BCUT2D eigenvalue weighted by molar-refractivity contribution is 5.96. The van der Waals surface area contributed by atoms with Crippen LogP contribution in [0.1, 0.15) is 11.1 Å². The Morgan fingerprint density at radius 3 is 2.52 bits per heavy atom. The molecule has 1 aliphatic rings. The van der Waals surface area contributed by atoms with E-state index in [4.69, 9.17) is 0 Å². The van der Waals surface area contributed by atoms with E-state index >= 15 is 0 Å². The minimum atomic E-state index is 0.955. The summed E-state index contributed by atoms with van der Waals surface area (Å²) in [5, 5.41) is 2.64. The number of anilines is 1. The lowest BCUT2D eigenvalue weighted by Gasteiger charge is -2.29. The lowest BCUT2D eigenvalue weighted by atomic mass is 9.99. The molecule has 0 aromatic heterocycles. The van der Waals surface area contributed by atoms with Crippen LogP contribution >= 0.6 is 0 Å². The molecule has 1 aliphatic heterocycles. The third kappa shape index (κ3) is 2.21. The summed E-state index contributed by atoms with van der Waals surface area (Å²) in [4.78, 5) is 2.44. The summed E-state index contributed by atoms with van der Waals surface area (Å²) < 4.78 is 0. The van der Waals surface area contributed by atoms with Crippen LogP contribution in [0.5, 0.6) is 0 Å². The summed E-state index contributed by atoms with van der Waals surface area (Å²) in [6.07, 6.45) is 4.52. The zero-order chi connectivity index (χ0) is 14.1. The van der Waals surface area contributed by atoms with Crippen LogP contribution < -0.4 is 4.90 Å². The maximum absolute atomic E-state index is 2.44. The standard InChI is InChI=1S/C20H17N/c1-2-7-16(8-3-1)15-21-14-6-11-19-18-10-5-4-9-17(18)12-13-20(19)21/h1-13H,14-15H2. The molecule has 0 bridgehead atoms. The predicted octanol–water partition coefficient (Wildman–Crippen LogP) is 4.87. The van der Waals surface area contributed by atoms with Gasteiger partial charge in [-0.25, -0.2) is 0 Å². The first kappa shape index (κ1) is 12.2. The van der Waals surface area contributed by atoms with Crippen molar-refractivity contribution >= 4 is 22.5 Å². The Bertz CT molecular complexity index is 802. The molecule has 1 nitrogen and oxygen atoms in total. The van der Waals surface area contributed by atoms with Crippen LogP contribution in [0.15, 0.2) is 72.8 Å². The van der Waals surface area contributed by atoms with E-state index in [1.54, 1.807) is 0 Å². The maximum Gasteiger partial charge on any atom is 0.0452 e. The number of rotatable bonds is 2. The Morgan fingerprint density at radius 2 is 1.62 bits per heavy atom. The number of benzene rings is 3. The van der Waals surface area contributed by atoms with Crippen LogP contribution in [0.4, 0.5) is 5.69 Å². The molecule has 0 saturated carbocycles. The van der Waals surface area contributed by atoms with Gasteiger partial charge in [-0.2, -0.15) is 0 Å². The van der Waals surface area contributed by atoms with Crippen molar-refractivity contribution in [1.29, 1.82) is 0 Å². The second-order valence-electron chi connectivity index (χ2n) is 5.49. The van der Waals surface area contributed by atoms with Gasteiger partial charge in [0.2, 0.25) is 0 Å². The van der Waals surface area contributed by atoms with E-state index in [1.807, 2.05) is 0 Å². The first-order chi connectivity index (χ1) is 10.4. The summed E-state index contributed by atoms with van der Waals surface area (Å²) in [7, 11) is 0. The molecule has 0 fully saturated rings. The molecule has 0 saturated heterocycles. The second-order valence-corrected chi connectivity index (χ2v) is 5.49. The molecule has 21 heavy (non-hydrogen) atoms. The average molecular weight is 271 g/mol. The van der Waals surface area contributed by atoms with E-state index in [0.717, 1.165) is 13.1 Å². The molecule has 0 atom stereocenters. The fourth-order valence-electron chi connectivity index (χ4n) is 3.08. The van der Waals surface area contributed by atoms with Gasteiger partial charge in [-0.05, 0) is 22.4 Å². The van der Waals surface area contributed by atoms with Crippen molar-refractivity contribution in [2.45, 2.75) is 6.54 Å². The van der Waals surface area contributed by atoms with E-state index in [9.17, 15) is 0 Å². The third-order valence-electron chi connectivity index (χ3n) is 4.11. The van der Waals surface area contributed by atoms with Gasteiger partial charge >= 0.3 is 0 Å². The molecule has 4 rings (SSSR count).